The first kappa shape index (κ1) is 30.9. The van der Waals surface area contributed by atoms with Crippen LogP contribution in [0, 0.1) is 71.0 Å². The van der Waals surface area contributed by atoms with Crippen LogP contribution in [0.4, 0.5) is 0 Å². The Labute approximate surface area is 240 Å². The predicted molar refractivity (Wildman–Crippen MR) is 168 cm³/mol. The van der Waals surface area contributed by atoms with Gasteiger partial charge in [-0.15, -0.1) is 0 Å². The molecule has 0 amide bonds. The molecular formula is C38H70. The Hall–Kier alpha value is 0. The second-order valence-corrected chi connectivity index (χ2v) is 15.8. The summed E-state index contributed by atoms with van der Waals surface area (Å²) in [5, 5.41) is 0. The molecule has 0 aromatic rings. The molecule has 5 fully saturated rings. The molecule has 5 saturated carbocycles. The molecule has 0 saturated heterocycles. The maximum absolute atomic E-state index is 2.63. The van der Waals surface area contributed by atoms with Crippen molar-refractivity contribution in [2.45, 2.75) is 170 Å². The van der Waals surface area contributed by atoms with Crippen LogP contribution < -0.4 is 0 Å². The fourth-order valence-corrected chi connectivity index (χ4v) is 11.3. The molecule has 38 heavy (non-hydrogen) atoms. The average Bonchev–Trinajstić information content (AvgIpc) is 3.60. The van der Waals surface area contributed by atoms with Gasteiger partial charge < -0.3 is 0 Å². The Morgan fingerprint density at radius 1 is 0.553 bits per heavy atom. The molecule has 12 unspecified atom stereocenters. The van der Waals surface area contributed by atoms with Crippen LogP contribution in [0.5, 0.6) is 0 Å². The first-order valence-corrected chi connectivity index (χ1v) is 18.5. The fourth-order valence-electron chi connectivity index (χ4n) is 11.3. The SMILES string of the molecule is CCC1CCCC(C2CCC(C)C2)C1.CCCCC1C(C)CC2CCCC2C1C1CCC(CC)CC1CC. The highest BCUT2D eigenvalue weighted by Gasteiger charge is 2.49. The zero-order chi connectivity index (χ0) is 27.1. The van der Waals surface area contributed by atoms with Crippen LogP contribution in [-0.2, 0) is 0 Å². The van der Waals surface area contributed by atoms with Gasteiger partial charge in [-0.3, -0.25) is 0 Å². The van der Waals surface area contributed by atoms with Crippen LogP contribution in [0.25, 0.3) is 0 Å². The minimum Gasteiger partial charge on any atom is -0.0654 e. The van der Waals surface area contributed by atoms with Crippen molar-refractivity contribution in [1.82, 2.24) is 0 Å². The molecule has 5 aliphatic carbocycles. The van der Waals surface area contributed by atoms with Crippen molar-refractivity contribution in [2.75, 3.05) is 0 Å². The normalized spacial score (nSPS) is 45.3. The van der Waals surface area contributed by atoms with E-state index in [1.807, 2.05) is 0 Å². The summed E-state index contributed by atoms with van der Waals surface area (Å²) in [6.45, 7) is 14.8. The van der Waals surface area contributed by atoms with Gasteiger partial charge in [0, 0.05) is 0 Å². The Morgan fingerprint density at radius 3 is 1.95 bits per heavy atom. The standard InChI is InChI=1S/C24H44.C14H26/c1-5-8-11-21-17(4)15-20-10-9-12-22(20)24(21)23-14-13-18(6-2)16-19(23)7-3;1-3-12-5-4-6-13(10-12)14-8-7-11(2)9-14/h17-24H,5-16H2,1-4H3;11-14H,3-10H2,1-2H3. The van der Waals surface area contributed by atoms with Crippen molar-refractivity contribution in [3.8, 4) is 0 Å². The molecule has 5 rings (SSSR count). The average molecular weight is 527 g/mol. The highest BCUT2D eigenvalue weighted by molar-refractivity contribution is 4.98. The molecule has 0 bridgehead atoms. The summed E-state index contributed by atoms with van der Waals surface area (Å²) in [4.78, 5) is 0. The first-order valence-electron chi connectivity index (χ1n) is 18.5. The molecule has 0 aromatic heterocycles. The number of hydrogen-bond acceptors (Lipinski definition) is 0. The largest absolute Gasteiger partial charge is 0.0654 e. The van der Waals surface area contributed by atoms with Gasteiger partial charge in [0.15, 0.2) is 0 Å². The van der Waals surface area contributed by atoms with E-state index in [-0.39, 0.29) is 0 Å². The minimum atomic E-state index is 1.00. The lowest BCUT2D eigenvalue weighted by Crippen LogP contribution is -2.44. The molecule has 0 aromatic carbocycles. The molecule has 0 aliphatic heterocycles. The topological polar surface area (TPSA) is 0 Å². The zero-order valence-corrected chi connectivity index (χ0v) is 27.1. The Bertz CT molecular complexity index is 650. The minimum absolute atomic E-state index is 1.00. The third-order valence-electron chi connectivity index (χ3n) is 13.6. The van der Waals surface area contributed by atoms with Crippen LogP contribution in [-0.4, -0.2) is 0 Å². The van der Waals surface area contributed by atoms with Gasteiger partial charge in [0.25, 0.3) is 0 Å². The highest BCUT2D eigenvalue weighted by Crippen LogP contribution is 2.57. The van der Waals surface area contributed by atoms with Crippen molar-refractivity contribution in [1.29, 1.82) is 0 Å². The van der Waals surface area contributed by atoms with E-state index in [2.05, 4.69) is 41.5 Å². The zero-order valence-electron chi connectivity index (χ0n) is 27.1. The van der Waals surface area contributed by atoms with E-state index < -0.39 is 0 Å². The second kappa shape index (κ2) is 15.3. The fraction of sp³-hybridized carbons (Fsp3) is 1.00. The quantitative estimate of drug-likeness (QED) is 0.295. The summed E-state index contributed by atoms with van der Waals surface area (Å²) < 4.78 is 0. The molecule has 0 nitrogen and oxygen atoms in total. The lowest BCUT2D eigenvalue weighted by atomic mass is 9.53. The summed E-state index contributed by atoms with van der Waals surface area (Å²) in [5.74, 6) is 12.9. The molecule has 5 aliphatic rings. The Kier molecular flexibility index (Phi) is 12.5. The lowest BCUT2D eigenvalue weighted by Gasteiger charge is -2.52. The van der Waals surface area contributed by atoms with Gasteiger partial charge >= 0.3 is 0 Å². The molecule has 0 heteroatoms. The third-order valence-corrected chi connectivity index (χ3v) is 13.6. The second-order valence-electron chi connectivity index (χ2n) is 15.8. The summed E-state index contributed by atoms with van der Waals surface area (Å²) in [6.07, 6.45) is 30.4. The number of fused-ring (bicyclic) bond motifs is 1. The van der Waals surface area contributed by atoms with Crippen molar-refractivity contribution in [3.63, 3.8) is 0 Å². The summed E-state index contributed by atoms with van der Waals surface area (Å²) in [5.41, 5.74) is 0. The van der Waals surface area contributed by atoms with E-state index in [0.29, 0.717) is 0 Å². The first-order chi connectivity index (χ1) is 18.5. The molecule has 222 valence electrons. The number of rotatable bonds is 8. The highest BCUT2D eigenvalue weighted by atomic mass is 14.5. The monoisotopic (exact) mass is 527 g/mol. The van der Waals surface area contributed by atoms with E-state index in [4.69, 9.17) is 0 Å². The Morgan fingerprint density at radius 2 is 1.26 bits per heavy atom. The maximum atomic E-state index is 2.63. The van der Waals surface area contributed by atoms with Crippen molar-refractivity contribution < 1.29 is 0 Å². The van der Waals surface area contributed by atoms with Crippen LogP contribution >= 0.6 is 0 Å². The molecule has 0 N–H and O–H groups in total. The van der Waals surface area contributed by atoms with Gasteiger partial charge in [-0.25, -0.2) is 0 Å². The van der Waals surface area contributed by atoms with Gasteiger partial charge in [0.2, 0.25) is 0 Å². The molecule has 0 spiro atoms. The van der Waals surface area contributed by atoms with Crippen LogP contribution in [0.15, 0.2) is 0 Å². The van der Waals surface area contributed by atoms with Gasteiger partial charge in [-0.2, -0.15) is 0 Å². The molecular weight excluding hydrogens is 456 g/mol. The summed E-state index contributed by atoms with van der Waals surface area (Å²) in [7, 11) is 0. The van der Waals surface area contributed by atoms with E-state index in [1.165, 1.54) is 57.8 Å². The van der Waals surface area contributed by atoms with Gasteiger partial charge in [0.1, 0.15) is 0 Å². The van der Waals surface area contributed by atoms with E-state index in [9.17, 15) is 0 Å². The third kappa shape index (κ3) is 7.64. The number of unbranched alkanes of at least 4 members (excludes halogenated alkanes) is 1. The van der Waals surface area contributed by atoms with Crippen LogP contribution in [0.2, 0.25) is 0 Å². The smallest absolute Gasteiger partial charge is 0.0321 e. The van der Waals surface area contributed by atoms with Crippen molar-refractivity contribution in [3.05, 3.63) is 0 Å². The van der Waals surface area contributed by atoms with Crippen molar-refractivity contribution >= 4 is 0 Å². The summed E-state index contributed by atoms with van der Waals surface area (Å²) >= 11 is 0. The van der Waals surface area contributed by atoms with E-state index >= 15 is 0 Å². The molecule has 0 heterocycles. The number of hydrogen-bond donors (Lipinski definition) is 0. The van der Waals surface area contributed by atoms with E-state index in [1.54, 1.807) is 70.6 Å². The van der Waals surface area contributed by atoms with Crippen molar-refractivity contribution in [2.24, 2.45) is 71.0 Å². The van der Waals surface area contributed by atoms with E-state index in [0.717, 1.165) is 71.0 Å². The maximum Gasteiger partial charge on any atom is -0.0321 e. The molecule has 0 radical (unpaired) electrons. The van der Waals surface area contributed by atoms with Gasteiger partial charge in [-0.1, -0.05) is 119 Å². The van der Waals surface area contributed by atoms with Crippen LogP contribution in [0.1, 0.15) is 170 Å². The van der Waals surface area contributed by atoms with Gasteiger partial charge in [-0.05, 0) is 122 Å². The summed E-state index contributed by atoms with van der Waals surface area (Å²) in [6, 6.07) is 0. The van der Waals surface area contributed by atoms with Crippen LogP contribution in [0.3, 0.4) is 0 Å². The predicted octanol–water partition coefficient (Wildman–Crippen LogP) is 12.4. The van der Waals surface area contributed by atoms with Gasteiger partial charge in [0.05, 0.1) is 0 Å². The Balaban J connectivity index is 0.000000204. The molecule has 12 atom stereocenters. The lowest BCUT2D eigenvalue weighted by molar-refractivity contribution is -0.0276.